The first-order valence-electron chi connectivity index (χ1n) is 10.4. The summed E-state index contributed by atoms with van der Waals surface area (Å²) in [5, 5.41) is 0. The first-order valence-corrected chi connectivity index (χ1v) is 10.4. The van der Waals surface area contributed by atoms with E-state index >= 15 is 0 Å². The normalized spacial score (nSPS) is 8.62. The standard InChI is InChI=1S/C9H12O5.C8H10O5.C7H8O5/c1-3-8(10)12-6-5-7-13-14-9(11)4-2;1-3-7(9)11-5-6-12-13-8(10)4-2;1-3-6(8)10-5-11-12-7(9)4-2/h3-4H,1-2,5-7H2;3-4H,1-2,5-6H2;3-4H,1-2,5H2. The summed E-state index contributed by atoms with van der Waals surface area (Å²) in [6.45, 7) is 18.8. The van der Waals surface area contributed by atoms with Gasteiger partial charge in [-0.15, -0.1) is 4.89 Å². The highest BCUT2D eigenvalue weighted by atomic mass is 17.2. The smallest absolute Gasteiger partial charge is 0.365 e. The highest BCUT2D eigenvalue weighted by Crippen LogP contribution is 1.89. The Morgan fingerprint density at radius 1 is 0.410 bits per heavy atom. The molecule has 216 valence electrons. The Balaban J connectivity index is -0.000000500. The summed E-state index contributed by atoms with van der Waals surface area (Å²) < 4.78 is 13.4. The Labute approximate surface area is 224 Å². The quantitative estimate of drug-likeness (QED) is 0.0447. The summed E-state index contributed by atoms with van der Waals surface area (Å²) in [6, 6.07) is 0. The van der Waals surface area contributed by atoms with Crippen LogP contribution in [-0.4, -0.2) is 69.0 Å². The largest absolute Gasteiger partial charge is 0.462 e. The lowest BCUT2D eigenvalue weighted by Crippen LogP contribution is -2.10. The van der Waals surface area contributed by atoms with Gasteiger partial charge < -0.3 is 14.2 Å². The number of esters is 3. The van der Waals surface area contributed by atoms with Gasteiger partial charge in [-0.1, -0.05) is 39.5 Å². The molecule has 0 amide bonds. The second-order valence-corrected chi connectivity index (χ2v) is 5.46. The number of rotatable bonds is 18. The maximum atomic E-state index is 10.5. The topological polar surface area (TPSA) is 185 Å². The van der Waals surface area contributed by atoms with Gasteiger partial charge in [0.1, 0.15) is 13.2 Å². The van der Waals surface area contributed by atoms with Crippen LogP contribution in [0.5, 0.6) is 0 Å². The second-order valence-electron chi connectivity index (χ2n) is 5.46. The molecule has 0 saturated carbocycles. The molecule has 0 aromatic heterocycles. The van der Waals surface area contributed by atoms with E-state index in [1.54, 1.807) is 0 Å². The van der Waals surface area contributed by atoms with Gasteiger partial charge in [0.05, 0.1) is 13.2 Å². The Morgan fingerprint density at radius 2 is 0.769 bits per heavy atom. The Kier molecular flexibility index (Phi) is 29.1. The Morgan fingerprint density at radius 3 is 1.21 bits per heavy atom. The number of ether oxygens (including phenoxy) is 3. The van der Waals surface area contributed by atoms with E-state index in [0.29, 0.717) is 6.42 Å². The molecule has 0 fully saturated rings. The predicted molar refractivity (Wildman–Crippen MR) is 130 cm³/mol. The summed E-state index contributed by atoms with van der Waals surface area (Å²) in [5.74, 6) is -3.83. The van der Waals surface area contributed by atoms with Crippen molar-refractivity contribution in [3.8, 4) is 0 Å². The highest BCUT2D eigenvalue weighted by molar-refractivity contribution is 5.82. The van der Waals surface area contributed by atoms with Crippen LogP contribution in [0, 0.1) is 0 Å². The van der Waals surface area contributed by atoms with Crippen molar-refractivity contribution in [3.63, 3.8) is 0 Å². The molecule has 0 unspecified atom stereocenters. The van der Waals surface area contributed by atoms with E-state index in [9.17, 15) is 28.8 Å². The van der Waals surface area contributed by atoms with E-state index in [-0.39, 0.29) is 26.4 Å². The fraction of sp³-hybridized carbons (Fsp3) is 0.250. The van der Waals surface area contributed by atoms with Crippen molar-refractivity contribution in [2.24, 2.45) is 0 Å². The lowest BCUT2D eigenvalue weighted by atomic mass is 10.5. The molecule has 0 N–H and O–H groups in total. The minimum Gasteiger partial charge on any atom is -0.462 e. The van der Waals surface area contributed by atoms with Gasteiger partial charge in [-0.05, 0) is 0 Å². The zero-order chi connectivity index (χ0) is 30.3. The zero-order valence-corrected chi connectivity index (χ0v) is 21.1. The Hall–Kier alpha value is -4.86. The average molecular weight is 558 g/mol. The van der Waals surface area contributed by atoms with E-state index in [2.05, 4.69) is 83.0 Å². The van der Waals surface area contributed by atoms with Crippen LogP contribution in [0.4, 0.5) is 0 Å². The SMILES string of the molecule is C=CC(=O)OCCCOOC(=O)C=C.C=CC(=O)OCCOOC(=O)C=C.C=CC(=O)OCOOC(=O)C=C. The van der Waals surface area contributed by atoms with Crippen LogP contribution in [0.2, 0.25) is 0 Å². The van der Waals surface area contributed by atoms with Crippen molar-refractivity contribution in [2.45, 2.75) is 6.42 Å². The number of hydrogen-bond donors (Lipinski definition) is 0. The van der Waals surface area contributed by atoms with Crippen molar-refractivity contribution in [3.05, 3.63) is 75.9 Å². The van der Waals surface area contributed by atoms with Gasteiger partial charge in [-0.2, -0.15) is 9.78 Å². The van der Waals surface area contributed by atoms with E-state index in [1.165, 1.54) is 0 Å². The molecule has 0 aliphatic heterocycles. The third-order valence-electron chi connectivity index (χ3n) is 2.70. The van der Waals surface area contributed by atoms with Crippen LogP contribution in [0.1, 0.15) is 6.42 Å². The molecular formula is C24H30O15. The van der Waals surface area contributed by atoms with Gasteiger partial charge in [-0.25, -0.2) is 28.8 Å². The lowest BCUT2D eigenvalue weighted by molar-refractivity contribution is -0.300. The van der Waals surface area contributed by atoms with Crippen molar-refractivity contribution in [1.82, 2.24) is 0 Å². The van der Waals surface area contributed by atoms with Crippen LogP contribution >= 0.6 is 0 Å². The molecule has 15 heteroatoms. The predicted octanol–water partition coefficient (Wildman–Crippen LogP) is 1.48. The molecule has 0 saturated heterocycles. The van der Waals surface area contributed by atoms with Gasteiger partial charge in [0.15, 0.2) is 0 Å². The molecule has 0 aromatic rings. The molecule has 0 heterocycles. The minimum atomic E-state index is -0.760. The van der Waals surface area contributed by atoms with Crippen molar-refractivity contribution >= 4 is 35.8 Å². The summed E-state index contributed by atoms with van der Waals surface area (Å²) in [6.07, 6.45) is 6.33. The monoisotopic (exact) mass is 558 g/mol. The van der Waals surface area contributed by atoms with Gasteiger partial charge in [0.2, 0.25) is 6.79 Å². The first kappa shape index (κ1) is 38.7. The van der Waals surface area contributed by atoms with E-state index < -0.39 is 42.6 Å². The molecule has 15 nitrogen and oxygen atoms in total. The fourth-order valence-corrected chi connectivity index (χ4v) is 1.11. The molecule has 39 heavy (non-hydrogen) atoms. The fourth-order valence-electron chi connectivity index (χ4n) is 1.11. The molecule has 0 aliphatic carbocycles. The molecule has 0 aromatic carbocycles. The van der Waals surface area contributed by atoms with Gasteiger partial charge in [0, 0.05) is 42.9 Å². The zero-order valence-electron chi connectivity index (χ0n) is 21.1. The third kappa shape index (κ3) is 33.1. The van der Waals surface area contributed by atoms with E-state index in [1.807, 2.05) is 0 Å². The molecule has 0 atom stereocenters. The molecule has 0 aliphatic rings. The van der Waals surface area contributed by atoms with E-state index in [4.69, 9.17) is 0 Å². The summed E-state index contributed by atoms with van der Waals surface area (Å²) in [5.41, 5.74) is 0. The second kappa shape index (κ2) is 29.4. The minimum absolute atomic E-state index is 0.00469. The molecular weight excluding hydrogens is 528 g/mol. The highest BCUT2D eigenvalue weighted by Gasteiger charge is 2.00. The van der Waals surface area contributed by atoms with Gasteiger partial charge in [-0.3, -0.25) is 14.7 Å². The number of carbonyl (C=O) groups is 6. The third-order valence-corrected chi connectivity index (χ3v) is 2.70. The molecule has 0 radical (unpaired) electrons. The number of hydrogen-bond acceptors (Lipinski definition) is 15. The average Bonchev–Trinajstić information content (AvgIpc) is 2.96. The lowest BCUT2D eigenvalue weighted by Gasteiger charge is -2.01. The Bertz CT molecular complexity index is 776. The first-order chi connectivity index (χ1) is 18.6. The molecule has 0 bridgehead atoms. The molecule has 0 spiro atoms. The van der Waals surface area contributed by atoms with Gasteiger partial charge >= 0.3 is 35.8 Å². The maximum absolute atomic E-state index is 10.5. The summed E-state index contributed by atoms with van der Waals surface area (Å²) >= 11 is 0. The van der Waals surface area contributed by atoms with E-state index in [0.717, 1.165) is 36.5 Å². The van der Waals surface area contributed by atoms with Crippen LogP contribution in [0.3, 0.4) is 0 Å². The van der Waals surface area contributed by atoms with Crippen molar-refractivity contribution in [1.29, 1.82) is 0 Å². The van der Waals surface area contributed by atoms with Crippen molar-refractivity contribution in [2.75, 3.05) is 33.2 Å². The van der Waals surface area contributed by atoms with Gasteiger partial charge in [0.25, 0.3) is 0 Å². The summed E-state index contributed by atoms with van der Waals surface area (Å²) in [7, 11) is 0. The van der Waals surface area contributed by atoms with Crippen LogP contribution in [-0.2, 0) is 72.3 Å². The molecule has 0 rings (SSSR count). The van der Waals surface area contributed by atoms with Crippen LogP contribution in [0.15, 0.2) is 75.9 Å². The summed E-state index contributed by atoms with van der Waals surface area (Å²) in [4.78, 5) is 87.7. The van der Waals surface area contributed by atoms with Crippen molar-refractivity contribution < 1.29 is 72.3 Å². The van der Waals surface area contributed by atoms with Crippen LogP contribution < -0.4 is 0 Å². The number of carbonyl (C=O) groups excluding carboxylic acids is 6. The van der Waals surface area contributed by atoms with Crippen LogP contribution in [0.25, 0.3) is 0 Å². The maximum Gasteiger partial charge on any atom is 0.365 e.